The number of nitrogens with one attached hydrogen (secondary N) is 3. The van der Waals surface area contributed by atoms with E-state index in [-0.39, 0.29) is 11.9 Å². The molecule has 5 heteroatoms. The summed E-state index contributed by atoms with van der Waals surface area (Å²) in [7, 11) is 0. The van der Waals surface area contributed by atoms with Gasteiger partial charge in [0.2, 0.25) is 5.91 Å². The van der Waals surface area contributed by atoms with Crippen LogP contribution in [0.2, 0.25) is 0 Å². The van der Waals surface area contributed by atoms with Crippen molar-refractivity contribution in [1.29, 1.82) is 0 Å². The second-order valence-corrected chi connectivity index (χ2v) is 4.66. The van der Waals surface area contributed by atoms with E-state index in [1.807, 2.05) is 6.92 Å². The van der Waals surface area contributed by atoms with Gasteiger partial charge in [0.05, 0.1) is 6.04 Å². The summed E-state index contributed by atoms with van der Waals surface area (Å²) in [4.78, 5) is 19.0. The van der Waals surface area contributed by atoms with E-state index in [1.54, 1.807) is 12.4 Å². The maximum atomic E-state index is 11.8. The van der Waals surface area contributed by atoms with Crippen molar-refractivity contribution >= 4 is 5.91 Å². The highest BCUT2D eigenvalue weighted by Gasteiger charge is 2.18. The van der Waals surface area contributed by atoms with Crippen LogP contribution < -0.4 is 10.6 Å². The normalized spacial score (nSPS) is 18.9. The van der Waals surface area contributed by atoms with E-state index in [1.165, 1.54) is 0 Å². The molecule has 0 radical (unpaired) electrons. The molecule has 1 amide bonds. The van der Waals surface area contributed by atoms with Crippen molar-refractivity contribution in [3.05, 3.63) is 18.2 Å². The molecule has 1 saturated heterocycles. The lowest BCUT2D eigenvalue weighted by Crippen LogP contribution is -2.33. The van der Waals surface area contributed by atoms with E-state index in [0.29, 0.717) is 12.3 Å². The van der Waals surface area contributed by atoms with Crippen LogP contribution in [-0.2, 0) is 4.79 Å². The average Bonchev–Trinajstić information content (AvgIpc) is 2.83. The van der Waals surface area contributed by atoms with Crippen molar-refractivity contribution in [1.82, 2.24) is 20.6 Å². The Labute approximate surface area is 101 Å². The Balaban J connectivity index is 1.76. The molecule has 94 valence electrons. The molecular weight excluding hydrogens is 216 g/mol. The molecule has 0 bridgehead atoms. The van der Waals surface area contributed by atoms with Gasteiger partial charge in [0.15, 0.2) is 0 Å². The molecule has 17 heavy (non-hydrogen) atoms. The summed E-state index contributed by atoms with van der Waals surface area (Å²) in [5.74, 6) is 1.46. The van der Waals surface area contributed by atoms with E-state index in [9.17, 15) is 4.79 Å². The van der Waals surface area contributed by atoms with Gasteiger partial charge in [0.1, 0.15) is 5.82 Å². The molecule has 1 fully saturated rings. The van der Waals surface area contributed by atoms with Gasteiger partial charge < -0.3 is 15.6 Å². The number of H-pyrrole nitrogens is 1. The van der Waals surface area contributed by atoms with Gasteiger partial charge in [0.25, 0.3) is 0 Å². The largest absolute Gasteiger partial charge is 0.347 e. The van der Waals surface area contributed by atoms with Crippen molar-refractivity contribution in [2.75, 3.05) is 13.1 Å². The van der Waals surface area contributed by atoms with Crippen LogP contribution in [0, 0.1) is 5.92 Å². The zero-order valence-corrected chi connectivity index (χ0v) is 10.2. The molecule has 2 rings (SSSR count). The molecule has 1 aliphatic heterocycles. The lowest BCUT2D eigenvalue weighted by atomic mass is 9.94. The van der Waals surface area contributed by atoms with Crippen LogP contribution in [0.4, 0.5) is 0 Å². The second-order valence-electron chi connectivity index (χ2n) is 4.66. The SMILES string of the molecule is CC(NC(=O)CC1CCNCC1)c1ncc[nH]1. The molecular formula is C12H20N4O. The van der Waals surface area contributed by atoms with Crippen LogP contribution in [0.1, 0.15) is 38.1 Å². The highest BCUT2D eigenvalue weighted by Crippen LogP contribution is 2.16. The van der Waals surface area contributed by atoms with Crippen molar-refractivity contribution in [2.45, 2.75) is 32.2 Å². The van der Waals surface area contributed by atoms with Crippen molar-refractivity contribution in [2.24, 2.45) is 5.92 Å². The Morgan fingerprint density at radius 1 is 1.59 bits per heavy atom. The van der Waals surface area contributed by atoms with Gasteiger partial charge in [-0.1, -0.05) is 0 Å². The minimum Gasteiger partial charge on any atom is -0.347 e. The Morgan fingerprint density at radius 3 is 3.00 bits per heavy atom. The van der Waals surface area contributed by atoms with Crippen molar-refractivity contribution in [3.8, 4) is 0 Å². The number of carbonyl (C=O) groups is 1. The fourth-order valence-corrected chi connectivity index (χ4v) is 2.23. The molecule has 2 heterocycles. The lowest BCUT2D eigenvalue weighted by molar-refractivity contribution is -0.122. The lowest BCUT2D eigenvalue weighted by Gasteiger charge is -2.22. The van der Waals surface area contributed by atoms with Crippen LogP contribution in [0.15, 0.2) is 12.4 Å². The topological polar surface area (TPSA) is 69.8 Å². The van der Waals surface area contributed by atoms with Gasteiger partial charge in [-0.25, -0.2) is 4.98 Å². The number of aromatic amines is 1. The summed E-state index contributed by atoms with van der Waals surface area (Å²) < 4.78 is 0. The monoisotopic (exact) mass is 236 g/mol. The van der Waals surface area contributed by atoms with E-state index in [2.05, 4.69) is 20.6 Å². The third kappa shape index (κ3) is 3.56. The zero-order chi connectivity index (χ0) is 12.1. The highest BCUT2D eigenvalue weighted by molar-refractivity contribution is 5.76. The molecule has 5 nitrogen and oxygen atoms in total. The molecule has 1 aromatic rings. The molecule has 3 N–H and O–H groups in total. The summed E-state index contributed by atoms with van der Waals surface area (Å²) in [6.45, 7) is 4.01. The fourth-order valence-electron chi connectivity index (χ4n) is 2.23. The third-order valence-electron chi connectivity index (χ3n) is 3.24. The van der Waals surface area contributed by atoms with Crippen molar-refractivity contribution in [3.63, 3.8) is 0 Å². The number of hydrogen-bond donors (Lipinski definition) is 3. The predicted molar refractivity (Wildman–Crippen MR) is 65.4 cm³/mol. The molecule has 0 spiro atoms. The summed E-state index contributed by atoms with van der Waals surface area (Å²) in [6, 6.07) is -0.0424. The Morgan fingerprint density at radius 2 is 2.35 bits per heavy atom. The van der Waals surface area contributed by atoms with Crippen LogP contribution in [0.5, 0.6) is 0 Å². The summed E-state index contributed by atoms with van der Waals surface area (Å²) in [6.07, 6.45) is 6.30. The summed E-state index contributed by atoms with van der Waals surface area (Å²) in [5.41, 5.74) is 0. The van der Waals surface area contributed by atoms with Gasteiger partial charge in [-0.2, -0.15) is 0 Å². The van der Waals surface area contributed by atoms with Gasteiger partial charge in [-0.05, 0) is 38.8 Å². The molecule has 0 aromatic carbocycles. The highest BCUT2D eigenvalue weighted by atomic mass is 16.1. The van der Waals surface area contributed by atoms with Gasteiger partial charge in [-0.3, -0.25) is 4.79 Å². The predicted octanol–water partition coefficient (Wildman–Crippen LogP) is 0.977. The molecule has 1 aromatic heterocycles. The molecule has 1 unspecified atom stereocenters. The van der Waals surface area contributed by atoms with Gasteiger partial charge in [-0.15, -0.1) is 0 Å². The Kier molecular flexibility index (Phi) is 4.14. The first-order valence-electron chi connectivity index (χ1n) is 6.25. The average molecular weight is 236 g/mol. The molecule has 0 aliphatic carbocycles. The summed E-state index contributed by atoms with van der Waals surface area (Å²) in [5, 5.41) is 6.28. The maximum Gasteiger partial charge on any atom is 0.220 e. The number of rotatable bonds is 4. The van der Waals surface area contributed by atoms with Crippen LogP contribution in [0.3, 0.4) is 0 Å². The standard InChI is InChI=1S/C12H20N4O/c1-9(12-14-6-7-15-12)16-11(17)8-10-2-4-13-5-3-10/h6-7,9-10,13H,2-5,8H2,1H3,(H,14,15)(H,16,17). The first-order valence-corrected chi connectivity index (χ1v) is 6.25. The fraction of sp³-hybridized carbons (Fsp3) is 0.667. The third-order valence-corrected chi connectivity index (χ3v) is 3.24. The Hall–Kier alpha value is -1.36. The molecule has 1 atom stereocenters. The van der Waals surface area contributed by atoms with Crippen LogP contribution in [-0.4, -0.2) is 29.0 Å². The van der Waals surface area contributed by atoms with E-state index < -0.39 is 0 Å². The van der Waals surface area contributed by atoms with Crippen molar-refractivity contribution < 1.29 is 4.79 Å². The number of hydrogen-bond acceptors (Lipinski definition) is 3. The van der Waals surface area contributed by atoms with Gasteiger partial charge >= 0.3 is 0 Å². The van der Waals surface area contributed by atoms with E-state index >= 15 is 0 Å². The smallest absolute Gasteiger partial charge is 0.220 e. The molecule has 1 aliphatic rings. The van der Waals surface area contributed by atoms with Crippen LogP contribution in [0.25, 0.3) is 0 Å². The second kappa shape index (κ2) is 5.82. The van der Waals surface area contributed by atoms with Gasteiger partial charge in [0, 0.05) is 18.8 Å². The van der Waals surface area contributed by atoms with E-state index in [4.69, 9.17) is 0 Å². The number of aromatic nitrogens is 2. The number of carbonyl (C=O) groups excluding carboxylic acids is 1. The van der Waals surface area contributed by atoms with Crippen LogP contribution >= 0.6 is 0 Å². The number of piperidine rings is 1. The summed E-state index contributed by atoms with van der Waals surface area (Å²) >= 11 is 0. The zero-order valence-electron chi connectivity index (χ0n) is 10.2. The quantitative estimate of drug-likeness (QED) is 0.729. The number of nitrogens with zero attached hydrogens (tertiary/aromatic N) is 1. The first kappa shape index (κ1) is 12.1. The minimum atomic E-state index is -0.0424. The first-order chi connectivity index (χ1) is 8.25. The maximum absolute atomic E-state index is 11.8. The van der Waals surface area contributed by atoms with E-state index in [0.717, 1.165) is 31.8 Å². The molecule has 0 saturated carbocycles. The number of imidazole rings is 1. The minimum absolute atomic E-state index is 0.0424. The Bertz CT molecular complexity index is 343. The number of amides is 1.